The molecule has 2 aromatic heterocycles. The molecule has 0 bridgehead atoms. The maximum Gasteiger partial charge on any atom is 0.133 e. The van der Waals surface area contributed by atoms with Gasteiger partial charge in [-0.25, -0.2) is 4.98 Å². The largest absolute Gasteiger partial charge is 0.467 e. The first-order chi connectivity index (χ1) is 10.7. The number of nitrogens with zero attached hydrogens (tertiary/aromatic N) is 1. The molecule has 114 valence electrons. The third kappa shape index (κ3) is 3.62. The van der Waals surface area contributed by atoms with Crippen LogP contribution in [0.5, 0.6) is 0 Å². The summed E-state index contributed by atoms with van der Waals surface area (Å²) in [5.74, 6) is 0.581. The molecule has 0 aliphatic carbocycles. The average molecular weight is 314 g/mol. The standard InChI is InChI=1S/C17H18N2O2S/c1-12-4-6-13(7-5-12)17-19-10-14(22-17)9-18-11-15(20)16-3-2-8-21-16/h2-8,10,15,18,20H,9,11H2,1H3. The van der Waals surface area contributed by atoms with Crippen molar-refractivity contribution in [3.8, 4) is 10.6 Å². The molecule has 0 fully saturated rings. The Morgan fingerprint density at radius 3 is 2.82 bits per heavy atom. The van der Waals surface area contributed by atoms with E-state index < -0.39 is 6.10 Å². The molecule has 0 spiro atoms. The first-order valence-corrected chi connectivity index (χ1v) is 7.98. The predicted molar refractivity (Wildman–Crippen MR) is 87.7 cm³/mol. The van der Waals surface area contributed by atoms with Gasteiger partial charge in [0.25, 0.3) is 0 Å². The van der Waals surface area contributed by atoms with Crippen molar-refractivity contribution in [2.75, 3.05) is 6.54 Å². The highest BCUT2D eigenvalue weighted by Gasteiger charge is 2.10. The lowest BCUT2D eigenvalue weighted by Gasteiger charge is -2.08. The third-order valence-electron chi connectivity index (χ3n) is 3.36. The zero-order valence-corrected chi connectivity index (χ0v) is 13.1. The fourth-order valence-electron chi connectivity index (χ4n) is 2.13. The number of hydrogen-bond acceptors (Lipinski definition) is 5. The maximum atomic E-state index is 9.93. The number of aryl methyl sites for hydroxylation is 1. The highest BCUT2D eigenvalue weighted by atomic mass is 32.1. The van der Waals surface area contributed by atoms with Gasteiger partial charge in [0.05, 0.1) is 6.26 Å². The van der Waals surface area contributed by atoms with E-state index in [-0.39, 0.29) is 0 Å². The van der Waals surface area contributed by atoms with Gasteiger partial charge in [-0.05, 0) is 19.1 Å². The van der Waals surface area contributed by atoms with Gasteiger partial charge in [-0.1, -0.05) is 29.8 Å². The van der Waals surface area contributed by atoms with E-state index in [1.165, 1.54) is 5.56 Å². The number of aliphatic hydroxyl groups excluding tert-OH is 1. The molecule has 0 saturated heterocycles. The number of hydrogen-bond donors (Lipinski definition) is 2. The average Bonchev–Trinajstić information content (AvgIpc) is 3.19. The van der Waals surface area contributed by atoms with E-state index in [2.05, 4.69) is 41.5 Å². The lowest BCUT2D eigenvalue weighted by atomic mass is 10.2. The summed E-state index contributed by atoms with van der Waals surface area (Å²) in [6, 6.07) is 11.9. The third-order valence-corrected chi connectivity index (χ3v) is 4.41. The molecule has 0 aliphatic heterocycles. The fraction of sp³-hybridized carbons (Fsp3) is 0.235. The number of aliphatic hydroxyl groups is 1. The molecule has 22 heavy (non-hydrogen) atoms. The number of thiazole rings is 1. The van der Waals surface area contributed by atoms with Gasteiger partial charge in [0.15, 0.2) is 0 Å². The molecule has 5 heteroatoms. The summed E-state index contributed by atoms with van der Waals surface area (Å²) in [7, 11) is 0. The molecule has 1 atom stereocenters. The minimum atomic E-state index is -0.625. The number of rotatable bonds is 6. The van der Waals surface area contributed by atoms with Crippen LogP contribution in [0.1, 0.15) is 22.3 Å². The van der Waals surface area contributed by atoms with Crippen LogP contribution in [0.15, 0.2) is 53.3 Å². The summed E-state index contributed by atoms with van der Waals surface area (Å²) in [4.78, 5) is 5.60. The van der Waals surface area contributed by atoms with Gasteiger partial charge in [-0.2, -0.15) is 0 Å². The zero-order valence-electron chi connectivity index (χ0n) is 12.3. The molecule has 4 nitrogen and oxygen atoms in total. The molecule has 0 radical (unpaired) electrons. The van der Waals surface area contributed by atoms with Gasteiger partial charge < -0.3 is 14.8 Å². The summed E-state index contributed by atoms with van der Waals surface area (Å²) >= 11 is 1.66. The van der Waals surface area contributed by atoms with Crippen LogP contribution in [0, 0.1) is 6.92 Å². The second kappa shape index (κ2) is 6.87. The van der Waals surface area contributed by atoms with Crippen molar-refractivity contribution in [3.63, 3.8) is 0 Å². The van der Waals surface area contributed by atoms with E-state index in [1.54, 1.807) is 29.7 Å². The summed E-state index contributed by atoms with van der Waals surface area (Å²) in [6.45, 7) is 3.21. The molecule has 0 aliphatic rings. The second-order valence-corrected chi connectivity index (χ2v) is 6.28. The van der Waals surface area contributed by atoms with Crippen LogP contribution in [0.4, 0.5) is 0 Å². The molecular weight excluding hydrogens is 296 g/mol. The molecule has 2 N–H and O–H groups in total. The number of benzene rings is 1. The first-order valence-electron chi connectivity index (χ1n) is 7.16. The second-order valence-electron chi connectivity index (χ2n) is 5.16. The Balaban J connectivity index is 1.55. The Labute approximate surface area is 133 Å². The monoisotopic (exact) mass is 314 g/mol. The van der Waals surface area contributed by atoms with Gasteiger partial charge in [0.1, 0.15) is 16.9 Å². The van der Waals surface area contributed by atoms with E-state index in [1.807, 2.05) is 6.20 Å². The SMILES string of the molecule is Cc1ccc(-c2ncc(CNCC(O)c3ccco3)s2)cc1. The Kier molecular flexibility index (Phi) is 4.68. The van der Waals surface area contributed by atoms with E-state index >= 15 is 0 Å². The molecule has 0 saturated carbocycles. The van der Waals surface area contributed by atoms with Crippen LogP contribution >= 0.6 is 11.3 Å². The van der Waals surface area contributed by atoms with E-state index in [0.717, 1.165) is 15.4 Å². The number of furan rings is 1. The fourth-order valence-corrected chi connectivity index (χ4v) is 3.02. The Morgan fingerprint density at radius 2 is 2.09 bits per heavy atom. The topological polar surface area (TPSA) is 58.3 Å². The minimum absolute atomic E-state index is 0.450. The number of aromatic nitrogens is 1. The van der Waals surface area contributed by atoms with Crippen molar-refractivity contribution in [2.24, 2.45) is 0 Å². The van der Waals surface area contributed by atoms with Gasteiger partial charge in [-0.15, -0.1) is 11.3 Å². The summed E-state index contributed by atoms with van der Waals surface area (Å²) in [5.41, 5.74) is 2.38. The molecule has 1 aromatic carbocycles. The van der Waals surface area contributed by atoms with Gasteiger partial charge in [0, 0.05) is 29.7 Å². The lowest BCUT2D eigenvalue weighted by molar-refractivity contribution is 0.147. The van der Waals surface area contributed by atoms with Crippen molar-refractivity contribution in [1.82, 2.24) is 10.3 Å². The maximum absolute atomic E-state index is 9.93. The molecule has 3 aromatic rings. The lowest BCUT2D eigenvalue weighted by Crippen LogP contribution is -2.20. The summed E-state index contributed by atoms with van der Waals surface area (Å²) in [5, 5.41) is 14.2. The Bertz CT molecular complexity index is 705. The van der Waals surface area contributed by atoms with Gasteiger partial charge in [0.2, 0.25) is 0 Å². The molecule has 3 rings (SSSR count). The predicted octanol–water partition coefficient (Wildman–Crippen LogP) is 3.53. The molecule has 0 amide bonds. The van der Waals surface area contributed by atoms with Crippen molar-refractivity contribution >= 4 is 11.3 Å². The first kappa shape index (κ1) is 15.0. The smallest absolute Gasteiger partial charge is 0.133 e. The summed E-state index contributed by atoms with van der Waals surface area (Å²) in [6.07, 6.45) is 2.82. The van der Waals surface area contributed by atoms with Crippen molar-refractivity contribution in [2.45, 2.75) is 19.6 Å². The number of nitrogens with one attached hydrogen (secondary N) is 1. The van der Waals surface area contributed by atoms with Crippen molar-refractivity contribution in [1.29, 1.82) is 0 Å². The Hall–Kier alpha value is -1.95. The van der Waals surface area contributed by atoms with E-state index in [0.29, 0.717) is 18.8 Å². The minimum Gasteiger partial charge on any atom is -0.467 e. The Morgan fingerprint density at radius 1 is 1.27 bits per heavy atom. The molecular formula is C17H18N2O2S. The van der Waals surface area contributed by atoms with Gasteiger partial charge in [-0.3, -0.25) is 0 Å². The highest BCUT2D eigenvalue weighted by molar-refractivity contribution is 7.15. The van der Waals surface area contributed by atoms with Crippen LogP contribution in [0.3, 0.4) is 0 Å². The van der Waals surface area contributed by atoms with E-state index in [4.69, 9.17) is 4.42 Å². The van der Waals surface area contributed by atoms with Crippen LogP contribution in [-0.2, 0) is 6.54 Å². The quantitative estimate of drug-likeness (QED) is 0.731. The molecule has 2 heterocycles. The van der Waals surface area contributed by atoms with Crippen molar-refractivity contribution < 1.29 is 9.52 Å². The zero-order chi connectivity index (χ0) is 15.4. The van der Waals surface area contributed by atoms with Crippen molar-refractivity contribution in [3.05, 3.63) is 65.1 Å². The van der Waals surface area contributed by atoms with Crippen LogP contribution < -0.4 is 5.32 Å². The highest BCUT2D eigenvalue weighted by Crippen LogP contribution is 2.25. The summed E-state index contributed by atoms with van der Waals surface area (Å²) < 4.78 is 5.17. The van der Waals surface area contributed by atoms with Crippen LogP contribution in [-0.4, -0.2) is 16.6 Å². The van der Waals surface area contributed by atoms with E-state index in [9.17, 15) is 5.11 Å². The normalized spacial score (nSPS) is 12.5. The van der Waals surface area contributed by atoms with Crippen LogP contribution in [0.25, 0.3) is 10.6 Å². The molecule has 1 unspecified atom stereocenters. The van der Waals surface area contributed by atoms with Gasteiger partial charge >= 0.3 is 0 Å². The van der Waals surface area contributed by atoms with Crippen LogP contribution in [0.2, 0.25) is 0 Å².